The molecule has 1 saturated carbocycles. The van der Waals surface area contributed by atoms with Crippen LogP contribution in [0.4, 0.5) is 4.39 Å². The molecule has 0 spiro atoms. The number of aromatic nitrogens is 3. The zero-order valence-electron chi connectivity index (χ0n) is 16.8. The highest BCUT2D eigenvalue weighted by atomic mass is 35.5. The van der Waals surface area contributed by atoms with Crippen LogP contribution < -0.4 is 5.56 Å². The van der Waals surface area contributed by atoms with Gasteiger partial charge in [-0.05, 0) is 42.5 Å². The largest absolute Gasteiger partial charge is 0.505 e. The fraction of sp³-hybridized carbons (Fsp3) is 0.174. The van der Waals surface area contributed by atoms with E-state index < -0.39 is 5.82 Å². The van der Waals surface area contributed by atoms with Crippen LogP contribution in [0.15, 0.2) is 46.1 Å². The molecule has 1 aliphatic carbocycles. The molecule has 33 heavy (non-hydrogen) atoms. The SMILES string of the molecule is O=c1c2c(nc(-c3cc(Cl)c(F)cc3C3CC3)n1Cc1cnco1)sc1c(O)c(Cl)ccc12. The third-order valence-corrected chi connectivity index (χ3v) is 7.54. The molecule has 1 fully saturated rings. The molecule has 3 aromatic heterocycles. The minimum absolute atomic E-state index is 0.0456. The number of thiophene rings is 1. The smallest absolute Gasteiger partial charge is 0.263 e. The summed E-state index contributed by atoms with van der Waals surface area (Å²) in [7, 11) is 0. The standard InChI is InChI=1S/C23H14Cl2FN3O3S/c24-15-4-3-12-18-22(33-20(12)19(15)30)28-21(29(23(18)31)8-11-7-27-9-32-11)14-5-16(25)17(26)6-13(14)10-1-2-10/h3-7,9-10,30H,1-2,8H2. The van der Waals surface area contributed by atoms with Crippen LogP contribution in [0.3, 0.4) is 0 Å². The van der Waals surface area contributed by atoms with Gasteiger partial charge in [0.1, 0.15) is 22.2 Å². The molecule has 0 radical (unpaired) electrons. The van der Waals surface area contributed by atoms with Gasteiger partial charge in [0.25, 0.3) is 5.56 Å². The van der Waals surface area contributed by atoms with E-state index in [1.165, 1.54) is 40.6 Å². The molecule has 10 heteroatoms. The minimum atomic E-state index is -0.506. The number of aromatic hydroxyl groups is 1. The van der Waals surface area contributed by atoms with Crippen molar-refractivity contribution in [1.82, 2.24) is 14.5 Å². The van der Waals surface area contributed by atoms with E-state index in [1.807, 2.05) is 0 Å². The maximum absolute atomic E-state index is 14.3. The molecule has 1 N–H and O–H groups in total. The lowest BCUT2D eigenvalue weighted by atomic mass is 10.0. The lowest BCUT2D eigenvalue weighted by Crippen LogP contribution is -2.24. The Labute approximate surface area is 199 Å². The van der Waals surface area contributed by atoms with Gasteiger partial charge in [-0.1, -0.05) is 29.3 Å². The van der Waals surface area contributed by atoms with Gasteiger partial charge in [-0.3, -0.25) is 9.36 Å². The van der Waals surface area contributed by atoms with E-state index in [0.29, 0.717) is 37.5 Å². The molecular formula is C23H14Cl2FN3O3S. The molecule has 0 aliphatic heterocycles. The first-order chi connectivity index (χ1) is 15.9. The number of oxazole rings is 1. The molecule has 0 atom stereocenters. The fourth-order valence-electron chi connectivity index (χ4n) is 4.10. The van der Waals surface area contributed by atoms with Crippen LogP contribution >= 0.6 is 34.5 Å². The molecule has 5 aromatic rings. The van der Waals surface area contributed by atoms with E-state index in [2.05, 4.69) is 4.98 Å². The first-order valence-corrected chi connectivity index (χ1v) is 11.7. The molecule has 0 saturated heterocycles. The summed E-state index contributed by atoms with van der Waals surface area (Å²) in [5.41, 5.74) is 1.05. The second kappa shape index (κ2) is 7.55. The van der Waals surface area contributed by atoms with Crippen molar-refractivity contribution in [3.63, 3.8) is 0 Å². The third kappa shape index (κ3) is 3.32. The number of phenols is 1. The van der Waals surface area contributed by atoms with Gasteiger partial charge in [0.2, 0.25) is 0 Å². The van der Waals surface area contributed by atoms with Crippen molar-refractivity contribution in [1.29, 1.82) is 0 Å². The zero-order valence-corrected chi connectivity index (χ0v) is 19.1. The number of rotatable bonds is 4. The van der Waals surface area contributed by atoms with Gasteiger partial charge >= 0.3 is 0 Å². The Morgan fingerprint density at radius 1 is 1.24 bits per heavy atom. The van der Waals surface area contributed by atoms with Crippen molar-refractivity contribution in [2.24, 2.45) is 0 Å². The van der Waals surface area contributed by atoms with Crippen LogP contribution in [-0.4, -0.2) is 19.6 Å². The van der Waals surface area contributed by atoms with Crippen molar-refractivity contribution in [3.8, 4) is 17.1 Å². The Balaban J connectivity index is 1.71. The topological polar surface area (TPSA) is 81.2 Å². The second-order valence-corrected chi connectivity index (χ2v) is 9.79. The normalized spacial score (nSPS) is 13.9. The molecule has 1 aliphatic rings. The van der Waals surface area contributed by atoms with E-state index in [1.54, 1.807) is 12.1 Å². The summed E-state index contributed by atoms with van der Waals surface area (Å²) in [5, 5.41) is 11.5. The number of hydrogen-bond acceptors (Lipinski definition) is 6. The van der Waals surface area contributed by atoms with Crippen molar-refractivity contribution >= 4 is 54.8 Å². The molecule has 3 heterocycles. The van der Waals surface area contributed by atoms with Crippen LogP contribution in [-0.2, 0) is 6.54 Å². The molecule has 0 amide bonds. The third-order valence-electron chi connectivity index (χ3n) is 5.83. The summed E-state index contributed by atoms with van der Waals surface area (Å²) < 4.78 is 21.7. The first kappa shape index (κ1) is 20.7. The first-order valence-electron chi connectivity index (χ1n) is 10.1. The number of fused-ring (bicyclic) bond motifs is 3. The van der Waals surface area contributed by atoms with Crippen molar-refractivity contribution in [2.45, 2.75) is 25.3 Å². The van der Waals surface area contributed by atoms with E-state index in [0.717, 1.165) is 18.4 Å². The summed E-state index contributed by atoms with van der Waals surface area (Å²) in [6.45, 7) is 0.0765. The van der Waals surface area contributed by atoms with E-state index in [9.17, 15) is 14.3 Å². The highest BCUT2D eigenvalue weighted by molar-refractivity contribution is 7.25. The predicted octanol–water partition coefficient (Wildman–Crippen LogP) is 6.34. The Bertz CT molecular complexity index is 1620. The van der Waals surface area contributed by atoms with Crippen LogP contribution in [0.5, 0.6) is 5.75 Å². The monoisotopic (exact) mass is 501 g/mol. The Kier molecular flexibility index (Phi) is 4.72. The van der Waals surface area contributed by atoms with E-state index in [4.69, 9.17) is 32.6 Å². The maximum Gasteiger partial charge on any atom is 0.263 e. The highest BCUT2D eigenvalue weighted by Gasteiger charge is 2.30. The fourth-order valence-corrected chi connectivity index (χ4v) is 5.59. The summed E-state index contributed by atoms with van der Waals surface area (Å²) in [6.07, 6.45) is 4.67. The number of halogens is 3. The minimum Gasteiger partial charge on any atom is -0.505 e. The van der Waals surface area contributed by atoms with Crippen LogP contribution in [0.25, 0.3) is 31.7 Å². The predicted molar refractivity (Wildman–Crippen MR) is 126 cm³/mol. The molecule has 0 unspecified atom stereocenters. The average molecular weight is 502 g/mol. The summed E-state index contributed by atoms with van der Waals surface area (Å²) >= 11 is 13.4. The van der Waals surface area contributed by atoms with Crippen molar-refractivity contribution < 1.29 is 13.9 Å². The van der Waals surface area contributed by atoms with Crippen LogP contribution in [0, 0.1) is 5.82 Å². The number of hydrogen-bond donors (Lipinski definition) is 1. The van der Waals surface area contributed by atoms with Gasteiger partial charge in [0, 0.05) is 10.9 Å². The van der Waals surface area contributed by atoms with Gasteiger partial charge in [-0.25, -0.2) is 14.4 Å². The quantitative estimate of drug-likeness (QED) is 0.310. The molecule has 166 valence electrons. The van der Waals surface area contributed by atoms with E-state index >= 15 is 0 Å². The lowest BCUT2D eigenvalue weighted by Gasteiger charge is -2.15. The van der Waals surface area contributed by atoms with E-state index in [-0.39, 0.29) is 33.8 Å². The van der Waals surface area contributed by atoms with Crippen molar-refractivity contribution in [2.75, 3.05) is 0 Å². The Morgan fingerprint density at radius 2 is 2.06 bits per heavy atom. The maximum atomic E-state index is 14.3. The summed E-state index contributed by atoms with van der Waals surface area (Å²) in [6, 6.07) is 6.20. The zero-order chi connectivity index (χ0) is 22.9. The second-order valence-electron chi connectivity index (χ2n) is 7.98. The highest BCUT2D eigenvalue weighted by Crippen LogP contribution is 2.46. The summed E-state index contributed by atoms with van der Waals surface area (Å²) in [4.78, 5) is 23.0. The van der Waals surface area contributed by atoms with Gasteiger partial charge in [0.05, 0.1) is 32.9 Å². The van der Waals surface area contributed by atoms with Gasteiger partial charge in [-0.2, -0.15) is 0 Å². The van der Waals surface area contributed by atoms with Gasteiger partial charge < -0.3 is 9.52 Å². The van der Waals surface area contributed by atoms with Crippen LogP contribution in [0.2, 0.25) is 10.0 Å². The molecule has 0 bridgehead atoms. The van der Waals surface area contributed by atoms with Gasteiger partial charge in [0.15, 0.2) is 12.1 Å². The van der Waals surface area contributed by atoms with Crippen LogP contribution in [0.1, 0.15) is 30.1 Å². The average Bonchev–Trinajstić information content (AvgIpc) is 3.37. The number of phenolic OH excluding ortho intramolecular Hbond substituents is 1. The Morgan fingerprint density at radius 3 is 2.79 bits per heavy atom. The molecular weight excluding hydrogens is 488 g/mol. The van der Waals surface area contributed by atoms with Gasteiger partial charge in [-0.15, -0.1) is 11.3 Å². The lowest BCUT2D eigenvalue weighted by molar-refractivity contribution is 0.482. The van der Waals surface area contributed by atoms with Crippen molar-refractivity contribution in [3.05, 3.63) is 74.4 Å². The molecule has 2 aromatic carbocycles. The number of nitrogens with zero attached hydrogens (tertiary/aromatic N) is 3. The molecule has 6 rings (SSSR count). The number of benzene rings is 2. The molecule has 6 nitrogen and oxygen atoms in total. The Hall–Kier alpha value is -2.94. The summed E-state index contributed by atoms with van der Waals surface area (Å²) in [5.74, 6) is 0.400.